The lowest BCUT2D eigenvalue weighted by atomic mass is 9.86. The topological polar surface area (TPSA) is 88.1 Å². The minimum atomic E-state index is -0.758. The lowest BCUT2D eigenvalue weighted by Crippen LogP contribution is -2.39. The van der Waals surface area contributed by atoms with Crippen molar-refractivity contribution in [1.82, 2.24) is 0 Å². The van der Waals surface area contributed by atoms with Gasteiger partial charge in [-0.1, -0.05) is 6.42 Å². The van der Waals surface area contributed by atoms with Crippen molar-refractivity contribution in [2.45, 2.75) is 51.4 Å². The number of carbonyl (C=O) groups is 3. The Labute approximate surface area is 158 Å². The molecule has 0 radical (unpaired) electrons. The lowest BCUT2D eigenvalue weighted by molar-refractivity contribution is -0.140. The van der Waals surface area contributed by atoms with Crippen LogP contribution >= 0.6 is 0 Å². The van der Waals surface area contributed by atoms with Crippen LogP contribution in [0.4, 0.5) is 11.4 Å². The summed E-state index contributed by atoms with van der Waals surface area (Å²) in [4.78, 5) is 37.9. The largest absolute Gasteiger partial charge is 0.468 e. The van der Waals surface area contributed by atoms with Crippen molar-refractivity contribution in [1.29, 1.82) is 0 Å². The van der Waals surface area contributed by atoms with Crippen LogP contribution in [0.3, 0.4) is 0 Å². The molecule has 0 saturated heterocycles. The van der Waals surface area contributed by atoms with Gasteiger partial charge >= 0.3 is 5.97 Å². The second kappa shape index (κ2) is 7.50. The highest BCUT2D eigenvalue weighted by Gasteiger charge is 2.44. The number of methoxy groups -OCH3 is 1. The fourth-order valence-electron chi connectivity index (χ4n) is 3.54. The van der Waals surface area contributed by atoms with Crippen molar-refractivity contribution in [3.63, 3.8) is 0 Å². The Morgan fingerprint density at radius 3 is 2.70 bits per heavy atom. The number of Topliss-reactive ketones (excluding diaryl/α,β-unsaturated/α-hetero) is 1. The van der Waals surface area contributed by atoms with Crippen LogP contribution in [0.25, 0.3) is 0 Å². The summed E-state index contributed by atoms with van der Waals surface area (Å²) in [7, 11) is 1.30. The number of nitrogens with zero attached hydrogens (tertiary/aromatic N) is 2. The molecule has 27 heavy (non-hydrogen) atoms. The standard InChI is InChI=1S/C20H25N3O4/c1-20(2)14-11-13(21-22-15-7-5-4-6-8-17(15)24)9-10-16(14)23(19(20)26)12-18(25)27-3/h9-11,21H,4-8,12H2,1-3H3/b22-15+. The van der Waals surface area contributed by atoms with Gasteiger partial charge in [0.2, 0.25) is 5.91 Å². The minimum Gasteiger partial charge on any atom is -0.468 e. The number of anilines is 2. The average Bonchev–Trinajstić information content (AvgIpc) is 2.79. The molecule has 7 heteroatoms. The molecule has 1 aromatic rings. The molecule has 0 bridgehead atoms. The predicted octanol–water partition coefficient (Wildman–Crippen LogP) is 2.78. The number of hydrazone groups is 1. The monoisotopic (exact) mass is 371 g/mol. The van der Waals surface area contributed by atoms with E-state index in [9.17, 15) is 14.4 Å². The number of hydrogen-bond donors (Lipinski definition) is 1. The number of esters is 1. The summed E-state index contributed by atoms with van der Waals surface area (Å²) < 4.78 is 4.70. The molecule has 1 saturated carbocycles. The highest BCUT2D eigenvalue weighted by atomic mass is 16.5. The summed E-state index contributed by atoms with van der Waals surface area (Å²) in [5.41, 5.74) is 5.00. The van der Waals surface area contributed by atoms with Gasteiger partial charge in [0.1, 0.15) is 12.3 Å². The molecule has 0 spiro atoms. The number of fused-ring (bicyclic) bond motifs is 1. The van der Waals surface area contributed by atoms with Crippen LogP contribution in [0.15, 0.2) is 23.3 Å². The van der Waals surface area contributed by atoms with Gasteiger partial charge in [0.15, 0.2) is 5.78 Å². The fourth-order valence-corrected chi connectivity index (χ4v) is 3.54. The summed E-state index contributed by atoms with van der Waals surface area (Å²) in [6.07, 6.45) is 4.18. The molecule has 0 atom stereocenters. The van der Waals surface area contributed by atoms with E-state index in [1.165, 1.54) is 12.0 Å². The Hall–Kier alpha value is -2.70. The van der Waals surface area contributed by atoms with Crippen molar-refractivity contribution in [3.05, 3.63) is 23.8 Å². The molecule has 1 aromatic carbocycles. The van der Waals surface area contributed by atoms with E-state index in [0.717, 1.165) is 24.8 Å². The molecular weight excluding hydrogens is 346 g/mol. The smallest absolute Gasteiger partial charge is 0.325 e. The van der Waals surface area contributed by atoms with E-state index in [1.54, 1.807) is 12.1 Å². The van der Waals surface area contributed by atoms with Crippen LogP contribution in [0.1, 0.15) is 51.5 Å². The normalized spacial score (nSPS) is 20.4. The molecule has 0 aromatic heterocycles. The Morgan fingerprint density at radius 2 is 1.96 bits per heavy atom. The first-order valence-corrected chi connectivity index (χ1v) is 9.23. The van der Waals surface area contributed by atoms with Gasteiger partial charge in [0.05, 0.1) is 18.2 Å². The predicted molar refractivity (Wildman–Crippen MR) is 103 cm³/mol. The number of rotatable bonds is 4. The van der Waals surface area contributed by atoms with Gasteiger partial charge in [-0.25, -0.2) is 0 Å². The number of benzene rings is 1. The third kappa shape index (κ3) is 3.72. The highest BCUT2D eigenvalue weighted by molar-refractivity contribution is 6.40. The SMILES string of the molecule is COC(=O)CN1C(=O)C(C)(C)c2cc(N/N=C3\CCCCCC3=O)ccc21. The van der Waals surface area contributed by atoms with Crippen molar-refractivity contribution >= 4 is 34.7 Å². The van der Waals surface area contributed by atoms with Gasteiger partial charge in [-0.2, -0.15) is 5.10 Å². The third-order valence-electron chi connectivity index (χ3n) is 5.21. The van der Waals surface area contributed by atoms with Crippen molar-refractivity contribution in [2.75, 3.05) is 24.0 Å². The Morgan fingerprint density at radius 1 is 1.22 bits per heavy atom. The molecule has 1 heterocycles. The van der Waals surface area contributed by atoms with Gasteiger partial charge in [-0.3, -0.25) is 19.8 Å². The zero-order chi connectivity index (χ0) is 19.6. The van der Waals surface area contributed by atoms with Gasteiger partial charge < -0.3 is 9.64 Å². The second-order valence-corrected chi connectivity index (χ2v) is 7.48. The van der Waals surface area contributed by atoms with Gasteiger partial charge in [0, 0.05) is 12.1 Å². The van der Waals surface area contributed by atoms with Crippen molar-refractivity contribution in [3.8, 4) is 0 Å². The number of amides is 1. The second-order valence-electron chi connectivity index (χ2n) is 7.48. The summed E-state index contributed by atoms with van der Waals surface area (Å²) in [6, 6.07) is 5.45. The first-order chi connectivity index (χ1) is 12.8. The van der Waals surface area contributed by atoms with Crippen LogP contribution in [0.2, 0.25) is 0 Å². The van der Waals surface area contributed by atoms with Crippen LogP contribution in [0, 0.1) is 0 Å². The van der Waals surface area contributed by atoms with E-state index in [0.29, 0.717) is 29.9 Å². The van der Waals surface area contributed by atoms with Crippen molar-refractivity contribution < 1.29 is 19.1 Å². The minimum absolute atomic E-state index is 0.0981. The van der Waals surface area contributed by atoms with E-state index in [-0.39, 0.29) is 18.2 Å². The summed E-state index contributed by atoms with van der Waals surface area (Å²) >= 11 is 0. The summed E-state index contributed by atoms with van der Waals surface area (Å²) in [6.45, 7) is 3.54. The molecule has 1 aliphatic carbocycles. The van der Waals surface area contributed by atoms with Gasteiger partial charge in [-0.05, 0) is 56.9 Å². The molecule has 7 nitrogen and oxygen atoms in total. The van der Waals surface area contributed by atoms with Crippen LogP contribution < -0.4 is 10.3 Å². The van der Waals surface area contributed by atoms with E-state index in [2.05, 4.69) is 10.5 Å². The average molecular weight is 371 g/mol. The zero-order valence-corrected chi connectivity index (χ0v) is 16.0. The number of hydrogen-bond acceptors (Lipinski definition) is 6. The van der Waals surface area contributed by atoms with E-state index in [1.807, 2.05) is 19.9 Å². The van der Waals surface area contributed by atoms with Crippen molar-refractivity contribution in [2.24, 2.45) is 5.10 Å². The molecule has 2 aliphatic rings. The number of ketones is 1. The molecule has 3 rings (SSSR count). The molecule has 144 valence electrons. The Balaban J connectivity index is 1.85. The Kier molecular flexibility index (Phi) is 5.30. The molecule has 0 unspecified atom stereocenters. The molecular formula is C20H25N3O4. The number of carbonyl (C=O) groups excluding carboxylic acids is 3. The third-order valence-corrected chi connectivity index (χ3v) is 5.21. The molecule has 1 N–H and O–H groups in total. The first kappa shape index (κ1) is 19.1. The quantitative estimate of drug-likeness (QED) is 0.499. The summed E-state index contributed by atoms with van der Waals surface area (Å²) in [5.74, 6) is -0.515. The zero-order valence-electron chi connectivity index (χ0n) is 16.0. The maximum atomic E-state index is 12.8. The molecule has 1 amide bonds. The maximum Gasteiger partial charge on any atom is 0.325 e. The molecule has 1 aliphatic heterocycles. The van der Waals surface area contributed by atoms with Crippen LogP contribution in [-0.2, 0) is 24.5 Å². The van der Waals surface area contributed by atoms with Gasteiger partial charge in [-0.15, -0.1) is 0 Å². The van der Waals surface area contributed by atoms with Gasteiger partial charge in [0.25, 0.3) is 0 Å². The Bertz CT molecular complexity index is 813. The van der Waals surface area contributed by atoms with E-state index >= 15 is 0 Å². The highest BCUT2D eigenvalue weighted by Crippen LogP contribution is 2.42. The first-order valence-electron chi connectivity index (χ1n) is 9.23. The number of nitrogens with one attached hydrogen (secondary N) is 1. The van der Waals surface area contributed by atoms with E-state index in [4.69, 9.17) is 4.74 Å². The fraction of sp³-hybridized carbons (Fsp3) is 0.500. The number of ether oxygens (including phenoxy) is 1. The van der Waals surface area contributed by atoms with Crippen LogP contribution in [0.5, 0.6) is 0 Å². The maximum absolute atomic E-state index is 12.8. The molecule has 1 fully saturated rings. The van der Waals surface area contributed by atoms with E-state index < -0.39 is 11.4 Å². The van der Waals surface area contributed by atoms with Crippen LogP contribution in [-0.4, -0.2) is 37.0 Å². The summed E-state index contributed by atoms with van der Waals surface area (Å²) in [5, 5.41) is 4.31. The lowest BCUT2D eigenvalue weighted by Gasteiger charge is -2.19.